The van der Waals surface area contributed by atoms with E-state index >= 15 is 0 Å². The first-order valence-corrected chi connectivity index (χ1v) is 6.45. The van der Waals surface area contributed by atoms with Crippen LogP contribution >= 0.6 is 0 Å². The van der Waals surface area contributed by atoms with Gasteiger partial charge in [0, 0.05) is 6.42 Å². The highest BCUT2D eigenvalue weighted by molar-refractivity contribution is 5.40. The summed E-state index contributed by atoms with van der Waals surface area (Å²) in [5, 5.41) is 7.90. The van der Waals surface area contributed by atoms with Gasteiger partial charge in [-0.05, 0) is 44.0 Å². The van der Waals surface area contributed by atoms with E-state index < -0.39 is 0 Å². The van der Waals surface area contributed by atoms with Crippen molar-refractivity contribution in [3.05, 3.63) is 24.2 Å². The minimum atomic E-state index is 0.713. The molecule has 2 aromatic rings. The Balaban J connectivity index is 1.79. The Kier molecular flexibility index (Phi) is 3.15. The van der Waals surface area contributed by atoms with E-state index in [-0.39, 0.29) is 0 Å². The van der Waals surface area contributed by atoms with Gasteiger partial charge in [-0.2, -0.15) is 5.10 Å². The first-order valence-electron chi connectivity index (χ1n) is 6.45. The summed E-state index contributed by atoms with van der Waals surface area (Å²) in [5.41, 5.74) is 0.889. The Morgan fingerprint density at radius 1 is 1.39 bits per heavy atom. The monoisotopic (exact) mass is 246 g/mol. The van der Waals surface area contributed by atoms with Crippen molar-refractivity contribution in [3.63, 3.8) is 0 Å². The molecule has 0 atom stereocenters. The van der Waals surface area contributed by atoms with Crippen LogP contribution in [0.15, 0.2) is 18.3 Å². The van der Waals surface area contributed by atoms with E-state index in [0.29, 0.717) is 5.92 Å². The standard InChI is InChI=1S/C13H18N4O/c1-18-11-2-3-13-15-12(16-17(13)9-11)8-10-4-6-14-7-5-10/h2-3,9-10,14H,4-8H2,1H3. The maximum atomic E-state index is 5.18. The van der Waals surface area contributed by atoms with Gasteiger partial charge in [0.25, 0.3) is 0 Å². The van der Waals surface area contributed by atoms with Crippen LogP contribution in [0, 0.1) is 5.92 Å². The second-order valence-electron chi connectivity index (χ2n) is 4.80. The molecule has 0 unspecified atom stereocenters. The molecule has 0 saturated carbocycles. The van der Waals surface area contributed by atoms with Gasteiger partial charge >= 0.3 is 0 Å². The number of hydrogen-bond acceptors (Lipinski definition) is 4. The molecular formula is C13H18N4O. The van der Waals surface area contributed by atoms with Crippen LogP contribution in [-0.4, -0.2) is 34.8 Å². The second-order valence-corrected chi connectivity index (χ2v) is 4.80. The molecule has 1 saturated heterocycles. The van der Waals surface area contributed by atoms with Gasteiger partial charge in [-0.3, -0.25) is 0 Å². The van der Waals surface area contributed by atoms with Gasteiger partial charge < -0.3 is 10.1 Å². The Bertz CT molecular complexity index is 531. The van der Waals surface area contributed by atoms with Gasteiger partial charge in [-0.1, -0.05) is 0 Å². The lowest BCUT2D eigenvalue weighted by molar-refractivity contribution is 0.367. The van der Waals surface area contributed by atoms with Gasteiger partial charge in [-0.15, -0.1) is 0 Å². The molecule has 5 heteroatoms. The van der Waals surface area contributed by atoms with E-state index in [2.05, 4.69) is 15.4 Å². The zero-order chi connectivity index (χ0) is 12.4. The molecule has 0 bridgehead atoms. The summed E-state index contributed by atoms with van der Waals surface area (Å²) in [6.45, 7) is 2.23. The van der Waals surface area contributed by atoms with Crippen molar-refractivity contribution >= 4 is 5.65 Å². The highest BCUT2D eigenvalue weighted by Gasteiger charge is 2.16. The van der Waals surface area contributed by atoms with Crippen molar-refractivity contribution < 1.29 is 4.74 Å². The van der Waals surface area contributed by atoms with E-state index in [9.17, 15) is 0 Å². The largest absolute Gasteiger partial charge is 0.495 e. The SMILES string of the molecule is COc1ccc2nc(CC3CCNCC3)nn2c1. The number of methoxy groups -OCH3 is 1. The van der Waals surface area contributed by atoms with Gasteiger partial charge in [0.2, 0.25) is 0 Å². The van der Waals surface area contributed by atoms with Gasteiger partial charge in [-0.25, -0.2) is 9.50 Å². The number of aromatic nitrogens is 3. The fraction of sp³-hybridized carbons (Fsp3) is 0.538. The summed E-state index contributed by atoms with van der Waals surface area (Å²) in [6, 6.07) is 3.86. The number of fused-ring (bicyclic) bond motifs is 1. The summed E-state index contributed by atoms with van der Waals surface area (Å²) in [5.74, 6) is 2.46. The van der Waals surface area contributed by atoms with Gasteiger partial charge in [0.15, 0.2) is 11.5 Å². The average molecular weight is 246 g/mol. The number of nitrogens with one attached hydrogen (secondary N) is 1. The van der Waals surface area contributed by atoms with Gasteiger partial charge in [0.1, 0.15) is 5.75 Å². The number of pyridine rings is 1. The third-order valence-electron chi connectivity index (χ3n) is 3.51. The molecule has 1 fully saturated rings. The maximum Gasteiger partial charge on any atom is 0.155 e. The molecule has 0 amide bonds. The van der Waals surface area contributed by atoms with E-state index in [1.54, 1.807) is 11.6 Å². The highest BCUT2D eigenvalue weighted by atomic mass is 16.5. The number of rotatable bonds is 3. The number of nitrogens with zero attached hydrogens (tertiary/aromatic N) is 3. The number of hydrogen-bond donors (Lipinski definition) is 1. The molecule has 5 nitrogen and oxygen atoms in total. The number of ether oxygens (including phenoxy) is 1. The van der Waals surface area contributed by atoms with Crippen molar-refractivity contribution in [3.8, 4) is 5.75 Å². The molecule has 0 aromatic carbocycles. The zero-order valence-corrected chi connectivity index (χ0v) is 10.6. The third kappa shape index (κ3) is 2.31. The second kappa shape index (κ2) is 4.94. The lowest BCUT2D eigenvalue weighted by atomic mass is 9.94. The van der Waals surface area contributed by atoms with Crippen LogP contribution in [0.5, 0.6) is 5.75 Å². The lowest BCUT2D eigenvalue weighted by Gasteiger charge is -2.20. The first-order chi connectivity index (χ1) is 8.85. The van der Waals surface area contributed by atoms with Crippen LogP contribution in [0.4, 0.5) is 0 Å². The maximum absolute atomic E-state index is 5.18. The van der Waals surface area contributed by atoms with Crippen LogP contribution in [-0.2, 0) is 6.42 Å². The molecule has 0 aliphatic carbocycles. The predicted octanol–water partition coefficient (Wildman–Crippen LogP) is 1.28. The number of piperidine rings is 1. The van der Waals surface area contributed by atoms with Crippen LogP contribution < -0.4 is 10.1 Å². The first kappa shape index (κ1) is 11.5. The van der Waals surface area contributed by atoms with Crippen molar-refractivity contribution in [1.29, 1.82) is 0 Å². The van der Waals surface area contributed by atoms with Gasteiger partial charge in [0.05, 0.1) is 13.3 Å². The van der Waals surface area contributed by atoms with E-state index in [1.165, 1.54) is 12.8 Å². The molecule has 3 heterocycles. The lowest BCUT2D eigenvalue weighted by Crippen LogP contribution is -2.28. The molecule has 3 rings (SSSR count). The van der Waals surface area contributed by atoms with E-state index in [0.717, 1.165) is 36.7 Å². The Labute approximate surface area is 106 Å². The van der Waals surface area contributed by atoms with Crippen molar-refractivity contribution in [1.82, 2.24) is 19.9 Å². The summed E-state index contributed by atoms with van der Waals surface area (Å²) in [4.78, 5) is 4.56. The fourth-order valence-electron chi connectivity index (χ4n) is 2.46. The van der Waals surface area contributed by atoms with Crippen molar-refractivity contribution in [2.75, 3.05) is 20.2 Å². The quantitative estimate of drug-likeness (QED) is 0.886. The molecule has 0 radical (unpaired) electrons. The Morgan fingerprint density at radius 2 is 2.22 bits per heavy atom. The minimum Gasteiger partial charge on any atom is -0.495 e. The molecule has 1 aliphatic rings. The smallest absolute Gasteiger partial charge is 0.155 e. The third-order valence-corrected chi connectivity index (χ3v) is 3.51. The Hall–Kier alpha value is -1.62. The molecular weight excluding hydrogens is 228 g/mol. The summed E-state index contributed by atoms with van der Waals surface area (Å²) < 4.78 is 6.99. The Morgan fingerprint density at radius 3 is 3.00 bits per heavy atom. The normalized spacial score (nSPS) is 17.2. The van der Waals surface area contributed by atoms with Crippen LogP contribution in [0.1, 0.15) is 18.7 Å². The van der Waals surface area contributed by atoms with Crippen molar-refractivity contribution in [2.45, 2.75) is 19.3 Å². The topological polar surface area (TPSA) is 51.5 Å². The molecule has 1 aliphatic heterocycles. The predicted molar refractivity (Wildman–Crippen MR) is 68.8 cm³/mol. The molecule has 96 valence electrons. The fourth-order valence-corrected chi connectivity index (χ4v) is 2.46. The molecule has 0 spiro atoms. The van der Waals surface area contributed by atoms with Crippen LogP contribution in [0.3, 0.4) is 0 Å². The average Bonchev–Trinajstić information content (AvgIpc) is 2.80. The van der Waals surface area contributed by atoms with E-state index in [1.807, 2.05) is 18.3 Å². The van der Waals surface area contributed by atoms with Crippen molar-refractivity contribution in [2.24, 2.45) is 5.92 Å². The summed E-state index contributed by atoms with van der Waals surface area (Å²) in [7, 11) is 1.66. The van der Waals surface area contributed by atoms with Crippen LogP contribution in [0.25, 0.3) is 5.65 Å². The minimum absolute atomic E-state index is 0.713. The highest BCUT2D eigenvalue weighted by Crippen LogP contribution is 2.17. The summed E-state index contributed by atoms with van der Waals surface area (Å²) >= 11 is 0. The summed E-state index contributed by atoms with van der Waals surface area (Å²) in [6.07, 6.45) is 5.29. The molecule has 1 N–H and O–H groups in total. The molecule has 18 heavy (non-hydrogen) atoms. The zero-order valence-electron chi connectivity index (χ0n) is 10.6. The van der Waals surface area contributed by atoms with E-state index in [4.69, 9.17) is 4.74 Å². The molecule has 2 aromatic heterocycles. The van der Waals surface area contributed by atoms with Crippen LogP contribution in [0.2, 0.25) is 0 Å².